The van der Waals surface area contributed by atoms with Gasteiger partial charge in [0.15, 0.2) is 0 Å². The number of rotatable bonds is 7. The van der Waals surface area contributed by atoms with Crippen molar-refractivity contribution >= 4 is 15.8 Å². The maximum absolute atomic E-state index is 12.2. The van der Waals surface area contributed by atoms with Gasteiger partial charge < -0.3 is 11.1 Å². The molecule has 0 spiro atoms. The average Bonchev–Trinajstić information content (AvgIpc) is 2.73. The molecule has 0 aliphatic carbocycles. The van der Waals surface area contributed by atoms with Crippen molar-refractivity contribution < 1.29 is 8.42 Å². The number of nitrogens with one attached hydrogen (secondary N) is 1. The zero-order valence-electron chi connectivity index (χ0n) is 15.8. The summed E-state index contributed by atoms with van der Waals surface area (Å²) >= 11 is 0. The molecule has 3 rings (SSSR count). The summed E-state index contributed by atoms with van der Waals surface area (Å²) in [7, 11) is -0.443. The molecule has 0 amide bonds. The molecule has 7 nitrogen and oxygen atoms in total. The first-order chi connectivity index (χ1) is 13.4. The quantitative estimate of drug-likeness (QED) is 0.635. The number of hydrogen-bond acceptors (Lipinski definition) is 6. The predicted molar refractivity (Wildman–Crippen MR) is 110 cm³/mol. The molecule has 1 atom stereocenters. The van der Waals surface area contributed by atoms with Crippen molar-refractivity contribution in [1.29, 1.82) is 0 Å². The van der Waals surface area contributed by atoms with E-state index < -0.39 is 10.0 Å². The summed E-state index contributed by atoms with van der Waals surface area (Å²) in [5.41, 5.74) is 8.75. The zero-order valence-corrected chi connectivity index (χ0v) is 16.6. The highest BCUT2D eigenvalue weighted by molar-refractivity contribution is 7.89. The van der Waals surface area contributed by atoms with Crippen LogP contribution in [0.1, 0.15) is 11.6 Å². The van der Waals surface area contributed by atoms with E-state index in [0.29, 0.717) is 18.1 Å². The molecule has 2 aromatic carbocycles. The molecule has 0 fully saturated rings. The Morgan fingerprint density at radius 3 is 2.36 bits per heavy atom. The van der Waals surface area contributed by atoms with Crippen molar-refractivity contribution in [2.75, 3.05) is 26.0 Å². The SMILES string of the molecule is CN(C)S(=O)(=O)c1ccc(-c2cc(NCC(N)c3ccccc3)ncn2)cc1. The second kappa shape index (κ2) is 8.47. The molecular weight excluding hydrogens is 374 g/mol. The minimum absolute atomic E-state index is 0.157. The number of anilines is 1. The Bertz CT molecular complexity index is 1020. The lowest BCUT2D eigenvalue weighted by atomic mass is 10.1. The lowest BCUT2D eigenvalue weighted by Crippen LogP contribution is -2.22. The van der Waals surface area contributed by atoms with Crippen LogP contribution < -0.4 is 11.1 Å². The van der Waals surface area contributed by atoms with Crippen LogP contribution in [0.4, 0.5) is 5.82 Å². The average molecular weight is 398 g/mol. The molecule has 28 heavy (non-hydrogen) atoms. The van der Waals surface area contributed by atoms with Gasteiger partial charge in [0.25, 0.3) is 0 Å². The van der Waals surface area contributed by atoms with Crippen LogP contribution in [0.25, 0.3) is 11.3 Å². The van der Waals surface area contributed by atoms with Crippen LogP contribution in [-0.2, 0) is 10.0 Å². The van der Waals surface area contributed by atoms with Gasteiger partial charge in [-0.15, -0.1) is 0 Å². The van der Waals surface area contributed by atoms with Gasteiger partial charge in [-0.1, -0.05) is 42.5 Å². The maximum Gasteiger partial charge on any atom is 0.242 e. The van der Waals surface area contributed by atoms with Gasteiger partial charge in [0, 0.05) is 38.3 Å². The third-order valence-electron chi connectivity index (χ3n) is 4.33. The first kappa shape index (κ1) is 19.9. The van der Waals surface area contributed by atoms with Gasteiger partial charge in [-0.25, -0.2) is 22.7 Å². The molecule has 1 aromatic heterocycles. The zero-order chi connectivity index (χ0) is 20.1. The van der Waals surface area contributed by atoms with E-state index in [-0.39, 0.29) is 10.9 Å². The van der Waals surface area contributed by atoms with Gasteiger partial charge in [-0.3, -0.25) is 0 Å². The fourth-order valence-corrected chi connectivity index (χ4v) is 3.55. The van der Waals surface area contributed by atoms with Crippen LogP contribution in [-0.4, -0.2) is 43.3 Å². The van der Waals surface area contributed by atoms with Crippen LogP contribution in [0.5, 0.6) is 0 Å². The minimum Gasteiger partial charge on any atom is -0.368 e. The fourth-order valence-electron chi connectivity index (χ4n) is 2.65. The number of sulfonamides is 1. The molecule has 0 aliphatic rings. The van der Waals surface area contributed by atoms with Gasteiger partial charge in [0.1, 0.15) is 12.1 Å². The lowest BCUT2D eigenvalue weighted by Gasteiger charge is -2.14. The Morgan fingerprint density at radius 1 is 1.04 bits per heavy atom. The van der Waals surface area contributed by atoms with Crippen molar-refractivity contribution in [2.45, 2.75) is 10.9 Å². The van der Waals surface area contributed by atoms with E-state index in [0.717, 1.165) is 11.1 Å². The van der Waals surface area contributed by atoms with E-state index in [4.69, 9.17) is 5.73 Å². The molecule has 0 saturated heterocycles. The molecule has 1 heterocycles. The second-order valence-corrected chi connectivity index (χ2v) is 8.65. The Morgan fingerprint density at radius 2 is 1.71 bits per heavy atom. The van der Waals surface area contributed by atoms with Gasteiger partial charge in [0.05, 0.1) is 10.6 Å². The van der Waals surface area contributed by atoms with E-state index in [1.165, 1.54) is 24.7 Å². The van der Waals surface area contributed by atoms with E-state index in [1.54, 1.807) is 24.3 Å². The number of aromatic nitrogens is 2. The van der Waals surface area contributed by atoms with Gasteiger partial charge in [0.2, 0.25) is 10.0 Å². The van der Waals surface area contributed by atoms with Crippen molar-refractivity contribution in [2.24, 2.45) is 5.73 Å². The number of benzene rings is 2. The van der Waals surface area contributed by atoms with Crippen molar-refractivity contribution in [3.05, 3.63) is 72.6 Å². The van der Waals surface area contributed by atoms with Crippen LogP contribution in [0, 0.1) is 0 Å². The molecule has 0 aliphatic heterocycles. The number of hydrogen-bond donors (Lipinski definition) is 2. The second-order valence-electron chi connectivity index (χ2n) is 6.50. The summed E-state index contributed by atoms with van der Waals surface area (Å²) in [6.45, 7) is 0.528. The summed E-state index contributed by atoms with van der Waals surface area (Å²) in [6, 6.07) is 18.1. The van der Waals surface area contributed by atoms with Gasteiger partial charge >= 0.3 is 0 Å². The topological polar surface area (TPSA) is 101 Å². The minimum atomic E-state index is -3.45. The molecule has 8 heteroatoms. The van der Waals surface area contributed by atoms with Crippen LogP contribution in [0.2, 0.25) is 0 Å². The van der Waals surface area contributed by atoms with E-state index >= 15 is 0 Å². The highest BCUT2D eigenvalue weighted by atomic mass is 32.2. The van der Waals surface area contributed by atoms with Gasteiger partial charge in [-0.05, 0) is 17.7 Å². The summed E-state index contributed by atoms with van der Waals surface area (Å²) in [6.07, 6.45) is 1.47. The Balaban J connectivity index is 1.73. The Kier molecular flexibility index (Phi) is 6.03. The molecule has 0 saturated carbocycles. The van der Waals surface area contributed by atoms with E-state index in [9.17, 15) is 8.42 Å². The van der Waals surface area contributed by atoms with Crippen LogP contribution in [0.3, 0.4) is 0 Å². The Labute approximate surface area is 165 Å². The van der Waals surface area contributed by atoms with Crippen molar-refractivity contribution in [3.8, 4) is 11.3 Å². The molecule has 146 valence electrons. The molecule has 1 unspecified atom stereocenters. The van der Waals surface area contributed by atoms with Crippen LogP contribution >= 0.6 is 0 Å². The Hall–Kier alpha value is -2.81. The standard InChI is InChI=1S/C20H23N5O2S/c1-25(2)28(26,27)17-10-8-16(9-11-17)19-12-20(24-14-23-19)22-13-18(21)15-6-4-3-5-7-15/h3-12,14,18H,13,21H2,1-2H3,(H,22,23,24). The van der Waals surface area contributed by atoms with Gasteiger partial charge in [-0.2, -0.15) is 0 Å². The first-order valence-electron chi connectivity index (χ1n) is 8.77. The third-order valence-corrected chi connectivity index (χ3v) is 6.16. The smallest absolute Gasteiger partial charge is 0.242 e. The highest BCUT2D eigenvalue weighted by Gasteiger charge is 2.17. The van der Waals surface area contributed by atoms with Crippen LogP contribution in [0.15, 0.2) is 71.9 Å². The fraction of sp³-hybridized carbons (Fsp3) is 0.200. The molecule has 0 bridgehead atoms. The van der Waals surface area contributed by atoms with Crippen molar-refractivity contribution in [1.82, 2.24) is 14.3 Å². The summed E-state index contributed by atoms with van der Waals surface area (Å²) < 4.78 is 25.5. The monoisotopic (exact) mass is 397 g/mol. The largest absolute Gasteiger partial charge is 0.368 e. The van der Waals surface area contributed by atoms with Crippen molar-refractivity contribution in [3.63, 3.8) is 0 Å². The number of nitrogens with zero attached hydrogens (tertiary/aromatic N) is 3. The first-order valence-corrected chi connectivity index (χ1v) is 10.2. The maximum atomic E-state index is 12.2. The summed E-state index contributed by atoms with van der Waals surface area (Å²) in [4.78, 5) is 8.75. The highest BCUT2D eigenvalue weighted by Crippen LogP contribution is 2.22. The summed E-state index contributed by atoms with van der Waals surface area (Å²) in [5.74, 6) is 0.654. The summed E-state index contributed by atoms with van der Waals surface area (Å²) in [5, 5.41) is 3.22. The molecular formula is C20H23N5O2S. The van der Waals surface area contributed by atoms with E-state index in [2.05, 4.69) is 15.3 Å². The number of nitrogens with two attached hydrogens (primary N) is 1. The molecule has 3 aromatic rings. The predicted octanol–water partition coefficient (Wildman–Crippen LogP) is 2.51. The molecule has 0 radical (unpaired) electrons. The lowest BCUT2D eigenvalue weighted by molar-refractivity contribution is 0.521. The normalized spacial score (nSPS) is 12.7. The molecule has 3 N–H and O–H groups in total. The third kappa shape index (κ3) is 4.53. The van der Waals surface area contributed by atoms with E-state index in [1.807, 2.05) is 36.4 Å².